The molecule has 1 heterocycles. The van der Waals surface area contributed by atoms with Gasteiger partial charge in [0.15, 0.2) is 11.4 Å². The van der Waals surface area contributed by atoms with Crippen molar-refractivity contribution in [1.82, 2.24) is 15.3 Å². The number of nitrogens with zero attached hydrogens (tertiary/aromatic N) is 1. The number of carbonyl (C=O) groups excluding carboxylic acids is 1. The number of benzene rings is 1. The van der Waals surface area contributed by atoms with Gasteiger partial charge >= 0.3 is 5.97 Å². The Morgan fingerprint density at radius 3 is 2.86 bits per heavy atom. The summed E-state index contributed by atoms with van der Waals surface area (Å²) in [6, 6.07) is 8.18. The van der Waals surface area contributed by atoms with Crippen molar-refractivity contribution >= 4 is 23.6 Å². The van der Waals surface area contributed by atoms with Crippen LogP contribution in [0.5, 0.6) is 0 Å². The maximum absolute atomic E-state index is 11.9. The highest BCUT2D eigenvalue weighted by Gasteiger charge is 2.18. The van der Waals surface area contributed by atoms with Crippen LogP contribution in [-0.2, 0) is 5.75 Å². The monoisotopic (exact) mass is 319 g/mol. The first-order valence-corrected chi connectivity index (χ1v) is 7.92. The molecule has 7 heteroatoms. The van der Waals surface area contributed by atoms with Crippen molar-refractivity contribution in [1.29, 1.82) is 0 Å². The van der Waals surface area contributed by atoms with Crippen molar-refractivity contribution in [2.24, 2.45) is 0 Å². The SMILES string of the molecule is Cc1ccccc1CSCCNC(=O)c1nc[nH]c1C(=O)O. The summed E-state index contributed by atoms with van der Waals surface area (Å²) in [7, 11) is 0. The molecule has 0 aliphatic heterocycles. The van der Waals surface area contributed by atoms with Gasteiger partial charge in [-0.3, -0.25) is 4.79 Å². The third kappa shape index (κ3) is 4.11. The number of thioether (sulfide) groups is 1. The Kier molecular flexibility index (Phi) is 5.60. The number of aromatic amines is 1. The molecule has 0 saturated carbocycles. The molecule has 1 aromatic heterocycles. The number of hydrogen-bond donors (Lipinski definition) is 3. The molecule has 6 nitrogen and oxygen atoms in total. The van der Waals surface area contributed by atoms with E-state index in [4.69, 9.17) is 5.11 Å². The van der Waals surface area contributed by atoms with Crippen LogP contribution in [-0.4, -0.2) is 39.2 Å². The van der Waals surface area contributed by atoms with Crippen LogP contribution in [0.15, 0.2) is 30.6 Å². The van der Waals surface area contributed by atoms with E-state index in [1.807, 2.05) is 12.1 Å². The van der Waals surface area contributed by atoms with Crippen molar-refractivity contribution in [2.75, 3.05) is 12.3 Å². The van der Waals surface area contributed by atoms with Gasteiger partial charge in [-0.25, -0.2) is 9.78 Å². The van der Waals surface area contributed by atoms with Crippen molar-refractivity contribution in [2.45, 2.75) is 12.7 Å². The molecule has 22 heavy (non-hydrogen) atoms. The lowest BCUT2D eigenvalue weighted by atomic mass is 10.1. The van der Waals surface area contributed by atoms with E-state index < -0.39 is 11.9 Å². The molecule has 0 spiro atoms. The fraction of sp³-hybridized carbons (Fsp3) is 0.267. The van der Waals surface area contributed by atoms with E-state index in [0.29, 0.717) is 6.54 Å². The first-order valence-electron chi connectivity index (χ1n) is 6.76. The molecule has 0 aliphatic carbocycles. The second-order valence-electron chi connectivity index (χ2n) is 4.67. The lowest BCUT2D eigenvalue weighted by Crippen LogP contribution is -2.27. The summed E-state index contributed by atoms with van der Waals surface area (Å²) in [6.45, 7) is 2.53. The molecule has 0 radical (unpaired) electrons. The number of carboxylic acid groups (broad SMARTS) is 1. The Labute approximate surface area is 132 Å². The molecule has 1 aromatic carbocycles. The minimum Gasteiger partial charge on any atom is -0.477 e. The zero-order chi connectivity index (χ0) is 15.9. The van der Waals surface area contributed by atoms with E-state index in [0.717, 1.165) is 11.5 Å². The van der Waals surface area contributed by atoms with Crippen molar-refractivity contribution in [3.05, 3.63) is 53.1 Å². The van der Waals surface area contributed by atoms with Gasteiger partial charge in [0.25, 0.3) is 5.91 Å². The Balaban J connectivity index is 1.75. The van der Waals surface area contributed by atoms with Crippen LogP contribution in [0.1, 0.15) is 32.1 Å². The molecule has 0 fully saturated rings. The van der Waals surface area contributed by atoms with Gasteiger partial charge in [-0.05, 0) is 18.1 Å². The number of aromatic nitrogens is 2. The number of rotatable bonds is 7. The quantitative estimate of drug-likeness (QED) is 0.679. The van der Waals surface area contributed by atoms with E-state index in [2.05, 4.69) is 34.3 Å². The molecule has 0 unspecified atom stereocenters. The first-order chi connectivity index (χ1) is 10.6. The fourth-order valence-electron chi connectivity index (χ4n) is 1.90. The fourth-order valence-corrected chi connectivity index (χ4v) is 2.84. The van der Waals surface area contributed by atoms with Crippen molar-refractivity contribution < 1.29 is 14.7 Å². The average molecular weight is 319 g/mol. The zero-order valence-electron chi connectivity index (χ0n) is 12.1. The third-order valence-corrected chi connectivity index (χ3v) is 4.13. The molecular formula is C15H17N3O3S. The van der Waals surface area contributed by atoms with Gasteiger partial charge in [-0.2, -0.15) is 11.8 Å². The number of aromatic carboxylic acids is 1. The molecule has 3 N–H and O–H groups in total. The Morgan fingerprint density at radius 2 is 2.14 bits per heavy atom. The number of hydrogen-bond acceptors (Lipinski definition) is 4. The summed E-state index contributed by atoms with van der Waals surface area (Å²) >= 11 is 1.71. The van der Waals surface area contributed by atoms with Gasteiger partial charge in [0.05, 0.1) is 6.33 Å². The molecule has 0 aliphatic rings. The van der Waals surface area contributed by atoms with Crippen LogP contribution in [0.25, 0.3) is 0 Å². The van der Waals surface area contributed by atoms with Crippen molar-refractivity contribution in [3.63, 3.8) is 0 Å². The maximum atomic E-state index is 11.9. The number of amides is 1. The van der Waals surface area contributed by atoms with Crippen LogP contribution in [0.4, 0.5) is 0 Å². The summed E-state index contributed by atoms with van der Waals surface area (Å²) in [4.78, 5) is 28.9. The van der Waals surface area contributed by atoms with Crippen LogP contribution in [0.3, 0.4) is 0 Å². The van der Waals surface area contributed by atoms with Crippen molar-refractivity contribution in [3.8, 4) is 0 Å². The van der Waals surface area contributed by atoms with Gasteiger partial charge in [0, 0.05) is 18.1 Å². The standard InChI is InChI=1S/C15H17N3O3S/c1-10-4-2-3-5-11(10)8-22-7-6-16-14(19)12-13(15(20)21)18-9-17-12/h2-5,9H,6-8H2,1H3,(H,16,19)(H,17,18)(H,20,21). The van der Waals surface area contributed by atoms with E-state index in [1.54, 1.807) is 11.8 Å². The minimum absolute atomic E-state index is 0.0867. The summed E-state index contributed by atoms with van der Waals surface area (Å²) < 4.78 is 0. The molecular weight excluding hydrogens is 302 g/mol. The van der Waals surface area contributed by atoms with E-state index >= 15 is 0 Å². The number of nitrogens with one attached hydrogen (secondary N) is 2. The minimum atomic E-state index is -1.20. The highest BCUT2D eigenvalue weighted by Crippen LogP contribution is 2.15. The van der Waals surface area contributed by atoms with Crippen LogP contribution < -0.4 is 5.32 Å². The summed E-state index contributed by atoms with van der Waals surface area (Å²) in [5.41, 5.74) is 2.25. The smallest absolute Gasteiger partial charge is 0.354 e. The molecule has 116 valence electrons. The lowest BCUT2D eigenvalue weighted by molar-refractivity contribution is 0.0685. The summed E-state index contributed by atoms with van der Waals surface area (Å²) in [6.07, 6.45) is 1.20. The Morgan fingerprint density at radius 1 is 1.36 bits per heavy atom. The second kappa shape index (κ2) is 7.65. The van der Waals surface area contributed by atoms with Gasteiger partial charge in [-0.15, -0.1) is 0 Å². The first kappa shape index (κ1) is 16.1. The number of H-pyrrole nitrogens is 1. The van der Waals surface area contributed by atoms with Gasteiger partial charge in [-0.1, -0.05) is 24.3 Å². The average Bonchev–Trinajstić information content (AvgIpc) is 2.98. The number of carboxylic acids is 1. The van der Waals surface area contributed by atoms with E-state index in [9.17, 15) is 9.59 Å². The normalized spacial score (nSPS) is 10.4. The lowest BCUT2D eigenvalue weighted by Gasteiger charge is -2.06. The van der Waals surface area contributed by atoms with Crippen LogP contribution in [0, 0.1) is 6.92 Å². The predicted molar refractivity (Wildman–Crippen MR) is 85.2 cm³/mol. The third-order valence-electron chi connectivity index (χ3n) is 3.12. The number of aryl methyl sites for hydroxylation is 1. The maximum Gasteiger partial charge on any atom is 0.354 e. The van der Waals surface area contributed by atoms with E-state index in [-0.39, 0.29) is 11.4 Å². The molecule has 2 rings (SSSR count). The molecule has 0 bridgehead atoms. The van der Waals surface area contributed by atoms with E-state index in [1.165, 1.54) is 17.5 Å². The van der Waals surface area contributed by atoms with Gasteiger partial charge in [0.2, 0.25) is 0 Å². The summed E-state index contributed by atoms with van der Waals surface area (Å²) in [5, 5.41) is 11.6. The molecule has 2 aromatic rings. The Bertz CT molecular complexity index is 670. The topological polar surface area (TPSA) is 95.1 Å². The van der Waals surface area contributed by atoms with Crippen LogP contribution in [0.2, 0.25) is 0 Å². The second-order valence-corrected chi connectivity index (χ2v) is 5.77. The Hall–Kier alpha value is -2.28. The van der Waals surface area contributed by atoms with Gasteiger partial charge in [0.1, 0.15) is 0 Å². The number of carbonyl (C=O) groups is 2. The molecule has 0 atom stereocenters. The molecule has 0 saturated heterocycles. The summed E-state index contributed by atoms with van der Waals surface area (Å²) in [5.74, 6) is -0.0511. The largest absolute Gasteiger partial charge is 0.477 e. The highest BCUT2D eigenvalue weighted by atomic mass is 32.2. The number of imidazole rings is 1. The predicted octanol–water partition coefficient (Wildman–Crippen LogP) is 2.08. The zero-order valence-corrected chi connectivity index (χ0v) is 12.9. The highest BCUT2D eigenvalue weighted by molar-refractivity contribution is 7.98. The molecule has 1 amide bonds. The van der Waals surface area contributed by atoms with Crippen LogP contribution >= 0.6 is 11.8 Å². The van der Waals surface area contributed by atoms with Gasteiger partial charge < -0.3 is 15.4 Å².